The molecule has 78 valence electrons. The lowest BCUT2D eigenvalue weighted by Crippen LogP contribution is -2.19. The Balaban J connectivity index is 2.43. The number of hydrogen-bond donors (Lipinski definition) is 2. The van der Waals surface area contributed by atoms with Gasteiger partial charge >= 0.3 is 0 Å². The molecule has 0 bridgehead atoms. The fraction of sp³-hybridized carbons (Fsp3) is 0.556. The molecule has 0 fully saturated rings. The summed E-state index contributed by atoms with van der Waals surface area (Å²) in [6.07, 6.45) is 2.14. The van der Waals surface area contributed by atoms with Crippen molar-refractivity contribution in [2.45, 2.75) is 31.0 Å². The molecule has 2 N–H and O–H groups in total. The number of aliphatic hydroxyl groups is 1. The number of aromatic nitrogens is 2. The average Bonchev–Trinajstić information content (AvgIpc) is 2.01. The minimum atomic E-state index is -0.665. The third-order valence-electron chi connectivity index (χ3n) is 1.60. The van der Waals surface area contributed by atoms with E-state index in [4.69, 9.17) is 0 Å². The fourth-order valence-corrected chi connectivity index (χ4v) is 1.93. The van der Waals surface area contributed by atoms with Gasteiger partial charge in [-0.25, -0.2) is 4.98 Å². The monoisotopic (exact) mass is 214 g/mol. The van der Waals surface area contributed by atoms with E-state index in [1.165, 1.54) is 24.0 Å². The van der Waals surface area contributed by atoms with Crippen LogP contribution in [0.15, 0.2) is 22.2 Å². The van der Waals surface area contributed by atoms with Crippen molar-refractivity contribution in [2.24, 2.45) is 0 Å². The normalized spacial score (nSPS) is 11.6. The molecule has 1 heterocycles. The van der Waals surface area contributed by atoms with Gasteiger partial charge in [-0.2, -0.15) is 0 Å². The number of nitrogens with zero attached hydrogens (tertiary/aromatic N) is 1. The predicted molar refractivity (Wildman–Crippen MR) is 56.5 cm³/mol. The second-order valence-corrected chi connectivity index (χ2v) is 4.73. The number of H-pyrrole nitrogens is 1. The van der Waals surface area contributed by atoms with Gasteiger partial charge in [0.2, 0.25) is 0 Å². The second-order valence-electron chi connectivity index (χ2n) is 3.65. The SMILES string of the molecule is CC(C)(O)CCSc1nccc(=O)[nH]1. The predicted octanol–water partition coefficient (Wildman–Crippen LogP) is 1.02. The zero-order chi connectivity index (χ0) is 10.6. The molecule has 1 aromatic rings. The molecule has 1 aromatic heterocycles. The van der Waals surface area contributed by atoms with Crippen molar-refractivity contribution in [1.82, 2.24) is 9.97 Å². The summed E-state index contributed by atoms with van der Waals surface area (Å²) < 4.78 is 0. The van der Waals surface area contributed by atoms with Gasteiger partial charge in [0, 0.05) is 18.0 Å². The Hall–Kier alpha value is -0.810. The molecule has 14 heavy (non-hydrogen) atoms. The van der Waals surface area contributed by atoms with E-state index in [-0.39, 0.29) is 5.56 Å². The Bertz CT molecular complexity index is 343. The van der Waals surface area contributed by atoms with E-state index in [0.717, 1.165) is 5.75 Å². The maximum absolute atomic E-state index is 10.9. The molecule has 0 aliphatic heterocycles. The number of rotatable bonds is 4. The molecule has 0 aliphatic carbocycles. The van der Waals surface area contributed by atoms with Crippen molar-refractivity contribution in [2.75, 3.05) is 5.75 Å². The summed E-state index contributed by atoms with van der Waals surface area (Å²) in [5.74, 6) is 0.733. The summed E-state index contributed by atoms with van der Waals surface area (Å²) in [5.41, 5.74) is -0.812. The molecular weight excluding hydrogens is 200 g/mol. The van der Waals surface area contributed by atoms with Crippen molar-refractivity contribution in [3.63, 3.8) is 0 Å². The van der Waals surface area contributed by atoms with Crippen LogP contribution < -0.4 is 5.56 Å². The van der Waals surface area contributed by atoms with E-state index < -0.39 is 5.60 Å². The van der Waals surface area contributed by atoms with Crippen LogP contribution in [0.1, 0.15) is 20.3 Å². The highest BCUT2D eigenvalue weighted by Crippen LogP contribution is 2.16. The fourth-order valence-electron chi connectivity index (χ4n) is 0.823. The van der Waals surface area contributed by atoms with E-state index >= 15 is 0 Å². The first-order valence-electron chi connectivity index (χ1n) is 4.38. The lowest BCUT2D eigenvalue weighted by molar-refractivity contribution is 0.0777. The maximum Gasteiger partial charge on any atom is 0.251 e. The molecule has 0 aliphatic rings. The number of thioether (sulfide) groups is 1. The van der Waals surface area contributed by atoms with Gasteiger partial charge in [-0.1, -0.05) is 11.8 Å². The zero-order valence-electron chi connectivity index (χ0n) is 8.28. The Kier molecular flexibility index (Phi) is 3.71. The zero-order valence-corrected chi connectivity index (χ0v) is 9.10. The van der Waals surface area contributed by atoms with Crippen LogP contribution in [0.2, 0.25) is 0 Å². The number of hydrogen-bond acceptors (Lipinski definition) is 4. The lowest BCUT2D eigenvalue weighted by atomic mass is 10.1. The topological polar surface area (TPSA) is 66.0 Å². The standard InChI is InChI=1S/C9H14N2O2S/c1-9(2,13)4-6-14-8-10-5-3-7(12)11-8/h3,5,13H,4,6H2,1-2H3,(H,10,11,12). The Morgan fingerprint density at radius 2 is 2.36 bits per heavy atom. The summed E-state index contributed by atoms with van der Waals surface area (Å²) in [6, 6.07) is 1.38. The average molecular weight is 214 g/mol. The van der Waals surface area contributed by atoms with E-state index in [2.05, 4.69) is 9.97 Å². The van der Waals surface area contributed by atoms with Crippen LogP contribution in [-0.4, -0.2) is 26.4 Å². The molecule has 1 rings (SSSR count). The van der Waals surface area contributed by atoms with Crippen LogP contribution in [0, 0.1) is 0 Å². The van der Waals surface area contributed by atoms with Crippen LogP contribution in [-0.2, 0) is 0 Å². The third kappa shape index (κ3) is 4.43. The first kappa shape index (κ1) is 11.3. The van der Waals surface area contributed by atoms with Gasteiger partial charge in [0.1, 0.15) is 0 Å². The van der Waals surface area contributed by atoms with E-state index in [0.29, 0.717) is 11.6 Å². The summed E-state index contributed by atoms with van der Waals surface area (Å²) >= 11 is 1.43. The molecule has 5 heteroatoms. The van der Waals surface area contributed by atoms with Gasteiger partial charge in [-0.3, -0.25) is 4.79 Å². The number of aromatic amines is 1. The summed E-state index contributed by atoms with van der Waals surface area (Å²) in [5, 5.41) is 10.0. The van der Waals surface area contributed by atoms with Crippen molar-refractivity contribution in [1.29, 1.82) is 0 Å². The van der Waals surface area contributed by atoms with Gasteiger partial charge in [-0.15, -0.1) is 0 Å². The van der Waals surface area contributed by atoms with Crippen LogP contribution in [0.5, 0.6) is 0 Å². The highest BCUT2D eigenvalue weighted by molar-refractivity contribution is 7.99. The minimum absolute atomic E-state index is 0.147. The van der Waals surface area contributed by atoms with Crippen LogP contribution in [0.25, 0.3) is 0 Å². The van der Waals surface area contributed by atoms with Gasteiger partial charge in [0.05, 0.1) is 5.60 Å². The van der Waals surface area contributed by atoms with Crippen LogP contribution in [0.4, 0.5) is 0 Å². The van der Waals surface area contributed by atoms with Gasteiger partial charge in [0.15, 0.2) is 5.16 Å². The molecule has 0 aromatic carbocycles. The summed E-state index contributed by atoms with van der Waals surface area (Å²) in [6.45, 7) is 3.52. The lowest BCUT2D eigenvalue weighted by Gasteiger charge is -2.15. The van der Waals surface area contributed by atoms with Crippen molar-refractivity contribution < 1.29 is 5.11 Å². The molecule has 0 amide bonds. The van der Waals surface area contributed by atoms with Gasteiger partial charge in [0.25, 0.3) is 5.56 Å². The van der Waals surface area contributed by atoms with Gasteiger partial charge in [-0.05, 0) is 20.3 Å². The molecule has 0 atom stereocenters. The highest BCUT2D eigenvalue weighted by Gasteiger charge is 2.11. The Morgan fingerprint density at radius 1 is 1.64 bits per heavy atom. The van der Waals surface area contributed by atoms with E-state index in [1.54, 1.807) is 13.8 Å². The van der Waals surface area contributed by atoms with Crippen LogP contribution in [0.3, 0.4) is 0 Å². The van der Waals surface area contributed by atoms with E-state index in [1.807, 2.05) is 0 Å². The van der Waals surface area contributed by atoms with Crippen molar-refractivity contribution in [3.8, 4) is 0 Å². The third-order valence-corrected chi connectivity index (χ3v) is 2.49. The first-order valence-corrected chi connectivity index (χ1v) is 5.36. The van der Waals surface area contributed by atoms with Crippen LogP contribution >= 0.6 is 11.8 Å². The highest BCUT2D eigenvalue weighted by atomic mass is 32.2. The summed E-state index contributed by atoms with van der Waals surface area (Å²) in [4.78, 5) is 17.5. The molecule has 0 saturated carbocycles. The number of nitrogens with one attached hydrogen (secondary N) is 1. The molecule has 0 spiro atoms. The minimum Gasteiger partial charge on any atom is -0.390 e. The van der Waals surface area contributed by atoms with E-state index in [9.17, 15) is 9.90 Å². The smallest absolute Gasteiger partial charge is 0.251 e. The second kappa shape index (κ2) is 4.61. The molecular formula is C9H14N2O2S. The first-order chi connectivity index (χ1) is 6.47. The molecule has 0 saturated heterocycles. The quantitative estimate of drug-likeness (QED) is 0.580. The molecule has 0 radical (unpaired) electrons. The largest absolute Gasteiger partial charge is 0.390 e. The molecule has 4 nitrogen and oxygen atoms in total. The maximum atomic E-state index is 10.9. The Labute approximate surface area is 86.8 Å². The summed E-state index contributed by atoms with van der Waals surface area (Å²) in [7, 11) is 0. The van der Waals surface area contributed by atoms with Gasteiger partial charge < -0.3 is 10.1 Å². The molecule has 0 unspecified atom stereocenters. The van der Waals surface area contributed by atoms with Crippen molar-refractivity contribution >= 4 is 11.8 Å². The van der Waals surface area contributed by atoms with Crippen molar-refractivity contribution in [3.05, 3.63) is 22.6 Å². The Morgan fingerprint density at radius 3 is 2.93 bits per heavy atom.